The number of hydrogen-bond donors (Lipinski definition) is 4. The largest absolute Gasteiger partial charge is 0.506 e. The molecule has 0 atom stereocenters. The van der Waals surface area contributed by atoms with E-state index in [1.807, 2.05) is 0 Å². The zero-order valence-electron chi connectivity index (χ0n) is 11.5. The number of urea groups is 1. The van der Waals surface area contributed by atoms with Crippen molar-refractivity contribution in [3.05, 3.63) is 58.6 Å². The Morgan fingerprint density at radius 1 is 1.14 bits per heavy atom. The topological polar surface area (TPSA) is 104 Å². The number of amides is 3. The summed E-state index contributed by atoms with van der Waals surface area (Å²) in [7, 11) is 0. The lowest BCUT2D eigenvalue weighted by Gasteiger charge is -2.08. The van der Waals surface area contributed by atoms with Gasteiger partial charge in [0.05, 0.1) is 5.69 Å². The van der Waals surface area contributed by atoms with Gasteiger partial charge in [0.25, 0.3) is 5.91 Å². The monoisotopic (exact) mass is 319 g/mol. The molecule has 0 fully saturated rings. The van der Waals surface area contributed by atoms with Gasteiger partial charge in [0.15, 0.2) is 0 Å². The number of nitrogens with two attached hydrogens (primary N) is 1. The van der Waals surface area contributed by atoms with Gasteiger partial charge in [-0.15, -0.1) is 0 Å². The molecule has 0 spiro atoms. The normalized spacial score (nSPS) is 10.0. The van der Waals surface area contributed by atoms with Crippen LogP contribution in [0.2, 0.25) is 5.02 Å². The average molecular weight is 320 g/mol. The summed E-state index contributed by atoms with van der Waals surface area (Å²) in [5.74, 6) is -0.452. The fourth-order valence-corrected chi connectivity index (χ4v) is 1.94. The number of hydrogen-bond acceptors (Lipinski definition) is 3. The Kier molecular flexibility index (Phi) is 4.85. The predicted octanol–water partition coefficient (Wildman–Crippen LogP) is 2.47. The van der Waals surface area contributed by atoms with Crippen molar-refractivity contribution < 1.29 is 14.7 Å². The molecule has 0 aliphatic heterocycles. The molecule has 0 aromatic heterocycles. The van der Waals surface area contributed by atoms with Crippen LogP contribution in [0, 0.1) is 0 Å². The standard InChI is InChI=1S/C15H14ClN3O3/c16-11-5-6-13(20)12(7-11)19-14(21)10-3-1-9(2-4-10)8-18-15(17)22/h1-7,20H,8H2,(H,19,21)(H3,17,18,22). The molecular formula is C15H14ClN3O3. The molecule has 7 heteroatoms. The lowest BCUT2D eigenvalue weighted by molar-refractivity contribution is 0.102. The van der Waals surface area contributed by atoms with Crippen LogP contribution >= 0.6 is 11.6 Å². The van der Waals surface area contributed by atoms with E-state index in [2.05, 4.69) is 10.6 Å². The number of benzene rings is 2. The first-order chi connectivity index (χ1) is 10.5. The molecule has 22 heavy (non-hydrogen) atoms. The lowest BCUT2D eigenvalue weighted by atomic mass is 10.1. The second kappa shape index (κ2) is 6.82. The summed E-state index contributed by atoms with van der Waals surface area (Å²) in [6, 6.07) is 10.4. The van der Waals surface area contributed by atoms with Gasteiger partial charge in [-0.1, -0.05) is 23.7 Å². The Bertz CT molecular complexity index is 702. The molecule has 0 aliphatic carbocycles. The molecule has 2 aromatic rings. The summed E-state index contributed by atoms with van der Waals surface area (Å²) in [6.45, 7) is 0.284. The minimum atomic E-state index is -0.613. The van der Waals surface area contributed by atoms with Gasteiger partial charge in [-0.3, -0.25) is 4.79 Å². The second-order valence-corrected chi connectivity index (χ2v) is 4.97. The second-order valence-electron chi connectivity index (χ2n) is 4.53. The molecule has 2 aromatic carbocycles. The van der Waals surface area contributed by atoms with Crippen molar-refractivity contribution in [2.45, 2.75) is 6.54 Å². The first-order valence-electron chi connectivity index (χ1n) is 6.38. The molecule has 0 aliphatic rings. The zero-order valence-corrected chi connectivity index (χ0v) is 12.2. The molecule has 0 unspecified atom stereocenters. The lowest BCUT2D eigenvalue weighted by Crippen LogP contribution is -2.28. The number of primary amides is 1. The van der Waals surface area contributed by atoms with Crippen LogP contribution in [0.1, 0.15) is 15.9 Å². The summed E-state index contributed by atoms with van der Waals surface area (Å²) in [5.41, 5.74) is 6.43. The molecule has 0 bridgehead atoms. The van der Waals surface area contributed by atoms with Crippen molar-refractivity contribution in [3.8, 4) is 5.75 Å². The quantitative estimate of drug-likeness (QED) is 0.650. The van der Waals surface area contributed by atoms with Crippen LogP contribution in [-0.2, 0) is 6.54 Å². The first kappa shape index (κ1) is 15.7. The fourth-order valence-electron chi connectivity index (χ4n) is 1.77. The van der Waals surface area contributed by atoms with E-state index in [0.29, 0.717) is 10.6 Å². The van der Waals surface area contributed by atoms with Crippen molar-refractivity contribution in [1.82, 2.24) is 5.32 Å². The molecule has 6 nitrogen and oxygen atoms in total. The number of halogens is 1. The van der Waals surface area contributed by atoms with Crippen LogP contribution in [0.5, 0.6) is 5.75 Å². The molecule has 0 saturated heterocycles. The van der Waals surface area contributed by atoms with E-state index >= 15 is 0 Å². The molecule has 114 valence electrons. The zero-order chi connectivity index (χ0) is 16.1. The summed E-state index contributed by atoms with van der Waals surface area (Å²) in [4.78, 5) is 22.7. The Morgan fingerprint density at radius 3 is 2.45 bits per heavy atom. The molecule has 3 amide bonds. The maximum atomic E-state index is 12.1. The fraction of sp³-hybridized carbons (Fsp3) is 0.0667. The molecule has 2 rings (SSSR count). The summed E-state index contributed by atoms with van der Waals surface area (Å²) >= 11 is 5.82. The molecule has 0 saturated carbocycles. The number of carbonyl (C=O) groups excluding carboxylic acids is 2. The highest BCUT2D eigenvalue weighted by Crippen LogP contribution is 2.26. The van der Waals surface area contributed by atoms with Crippen molar-refractivity contribution in [1.29, 1.82) is 0 Å². The van der Waals surface area contributed by atoms with Crippen molar-refractivity contribution in [2.24, 2.45) is 5.73 Å². The van der Waals surface area contributed by atoms with Crippen molar-refractivity contribution >= 4 is 29.2 Å². The van der Waals surface area contributed by atoms with E-state index in [0.717, 1.165) is 5.56 Å². The Balaban J connectivity index is 2.06. The number of carbonyl (C=O) groups is 2. The van der Waals surface area contributed by atoms with Crippen LogP contribution in [0.4, 0.5) is 10.5 Å². The van der Waals surface area contributed by atoms with Gasteiger partial charge in [0.1, 0.15) is 5.75 Å². The van der Waals surface area contributed by atoms with Crippen molar-refractivity contribution in [3.63, 3.8) is 0 Å². The molecule has 0 radical (unpaired) electrons. The molecular weight excluding hydrogens is 306 g/mol. The van der Waals surface area contributed by atoms with E-state index in [1.54, 1.807) is 24.3 Å². The van der Waals surface area contributed by atoms with Gasteiger partial charge in [0.2, 0.25) is 0 Å². The number of aromatic hydroxyl groups is 1. The number of phenols is 1. The smallest absolute Gasteiger partial charge is 0.312 e. The van der Waals surface area contributed by atoms with E-state index in [4.69, 9.17) is 17.3 Å². The SMILES string of the molecule is NC(=O)NCc1ccc(C(=O)Nc2cc(Cl)ccc2O)cc1. The van der Waals surface area contributed by atoms with Crippen LogP contribution in [-0.4, -0.2) is 17.0 Å². The van der Waals surface area contributed by atoms with Gasteiger partial charge in [-0.2, -0.15) is 0 Å². The highest BCUT2D eigenvalue weighted by molar-refractivity contribution is 6.31. The number of nitrogens with one attached hydrogen (secondary N) is 2. The van der Waals surface area contributed by atoms with E-state index in [-0.39, 0.29) is 23.9 Å². The minimum absolute atomic E-state index is 0.0694. The van der Waals surface area contributed by atoms with Crippen molar-refractivity contribution in [2.75, 3.05) is 5.32 Å². The maximum absolute atomic E-state index is 12.1. The van der Waals surface area contributed by atoms with Gasteiger partial charge >= 0.3 is 6.03 Å². The van der Waals surface area contributed by atoms with Crippen LogP contribution < -0.4 is 16.4 Å². The number of rotatable bonds is 4. The predicted molar refractivity (Wildman–Crippen MR) is 83.9 cm³/mol. The summed E-state index contributed by atoms with van der Waals surface area (Å²) < 4.78 is 0. The summed E-state index contributed by atoms with van der Waals surface area (Å²) in [5, 5.41) is 15.1. The highest BCUT2D eigenvalue weighted by Gasteiger charge is 2.09. The van der Waals surface area contributed by atoms with Gasteiger partial charge in [-0.25, -0.2) is 4.79 Å². The third kappa shape index (κ3) is 4.13. The number of phenolic OH excluding ortho intramolecular Hbond substituents is 1. The van der Waals surface area contributed by atoms with E-state index in [9.17, 15) is 14.7 Å². The van der Waals surface area contributed by atoms with Gasteiger partial charge < -0.3 is 21.5 Å². The Morgan fingerprint density at radius 2 is 1.82 bits per heavy atom. The molecule has 5 N–H and O–H groups in total. The first-order valence-corrected chi connectivity index (χ1v) is 6.75. The van der Waals surface area contributed by atoms with Crippen LogP contribution in [0.25, 0.3) is 0 Å². The Labute approximate surface area is 131 Å². The van der Waals surface area contributed by atoms with E-state index < -0.39 is 6.03 Å². The highest BCUT2D eigenvalue weighted by atomic mass is 35.5. The van der Waals surface area contributed by atoms with Crippen LogP contribution in [0.3, 0.4) is 0 Å². The Hall–Kier alpha value is -2.73. The molecule has 0 heterocycles. The maximum Gasteiger partial charge on any atom is 0.312 e. The third-order valence-electron chi connectivity index (χ3n) is 2.89. The number of anilines is 1. The summed E-state index contributed by atoms with van der Waals surface area (Å²) in [6.07, 6.45) is 0. The van der Waals surface area contributed by atoms with E-state index in [1.165, 1.54) is 18.2 Å². The average Bonchev–Trinajstić information content (AvgIpc) is 2.49. The van der Waals surface area contributed by atoms with Crippen LogP contribution in [0.15, 0.2) is 42.5 Å². The minimum Gasteiger partial charge on any atom is -0.506 e. The third-order valence-corrected chi connectivity index (χ3v) is 3.12. The van der Waals surface area contributed by atoms with Gasteiger partial charge in [0, 0.05) is 17.1 Å². The van der Waals surface area contributed by atoms with Gasteiger partial charge in [-0.05, 0) is 35.9 Å².